The van der Waals surface area contributed by atoms with Crippen LogP contribution in [0.1, 0.15) is 42.0 Å². The average Bonchev–Trinajstić information content (AvgIpc) is 2.63. The Bertz CT molecular complexity index is 434. The van der Waals surface area contributed by atoms with Crippen LogP contribution in [0.15, 0.2) is 6.07 Å². The predicted molar refractivity (Wildman–Crippen MR) is 73.3 cm³/mol. The maximum Gasteiger partial charge on any atom is 0.142 e. The summed E-state index contributed by atoms with van der Waals surface area (Å²) in [7, 11) is 1.60. The Hall–Kier alpha value is -0.770. The molecule has 0 saturated heterocycles. The van der Waals surface area contributed by atoms with Crippen LogP contribution in [0.5, 0.6) is 5.75 Å². The van der Waals surface area contributed by atoms with Crippen molar-refractivity contribution in [1.29, 1.82) is 0 Å². The molecule has 1 unspecified atom stereocenters. The molecule has 0 aliphatic heterocycles. The molecule has 2 rings (SSSR count). The molecule has 1 aromatic carbocycles. The fraction of sp³-hybridized carbons (Fsp3) is 0.571. The van der Waals surface area contributed by atoms with E-state index in [1.54, 1.807) is 7.11 Å². The van der Waals surface area contributed by atoms with Crippen molar-refractivity contribution in [2.75, 3.05) is 13.7 Å². The number of ether oxygens (including phenoxy) is 1. The molecular weight excluding hydrogens is 250 g/mol. The fourth-order valence-electron chi connectivity index (χ4n) is 2.61. The number of nitrogens with two attached hydrogens (primary N) is 1. The third kappa shape index (κ3) is 2.48. The average molecular weight is 270 g/mol. The van der Waals surface area contributed by atoms with Gasteiger partial charge in [-0.3, -0.25) is 0 Å². The van der Waals surface area contributed by atoms with E-state index in [1.807, 2.05) is 0 Å². The standard InChI is InChI=1S/C14H20ClNO2/c1-18-14-11(12(16)8-17)7-9-5-3-2-4-6-10(9)13(14)15/h7,12,17H,2-6,8,16H2,1H3. The molecule has 0 spiro atoms. The van der Waals surface area contributed by atoms with Crippen LogP contribution in [0.2, 0.25) is 5.02 Å². The minimum atomic E-state index is -0.439. The van der Waals surface area contributed by atoms with Gasteiger partial charge in [0, 0.05) is 5.56 Å². The number of aliphatic hydroxyl groups excluding tert-OH is 1. The molecule has 1 aromatic rings. The van der Waals surface area contributed by atoms with Crippen molar-refractivity contribution in [1.82, 2.24) is 0 Å². The van der Waals surface area contributed by atoms with Gasteiger partial charge in [0.2, 0.25) is 0 Å². The SMILES string of the molecule is COc1c(C(N)CO)cc2c(c1Cl)CCCCC2. The summed E-state index contributed by atoms with van der Waals surface area (Å²) < 4.78 is 5.38. The first-order valence-electron chi connectivity index (χ1n) is 6.43. The Morgan fingerprint density at radius 3 is 2.78 bits per heavy atom. The van der Waals surface area contributed by atoms with E-state index in [2.05, 4.69) is 6.07 Å². The highest BCUT2D eigenvalue weighted by atomic mass is 35.5. The lowest BCUT2D eigenvalue weighted by molar-refractivity contribution is 0.264. The summed E-state index contributed by atoms with van der Waals surface area (Å²) in [6.45, 7) is -0.106. The van der Waals surface area contributed by atoms with Crippen LogP contribution in [-0.2, 0) is 12.8 Å². The monoisotopic (exact) mass is 269 g/mol. The lowest BCUT2D eigenvalue weighted by Crippen LogP contribution is -2.16. The van der Waals surface area contributed by atoms with Gasteiger partial charge in [0.1, 0.15) is 5.75 Å². The Morgan fingerprint density at radius 2 is 2.11 bits per heavy atom. The van der Waals surface area contributed by atoms with Crippen LogP contribution in [0.25, 0.3) is 0 Å². The zero-order valence-corrected chi connectivity index (χ0v) is 11.5. The second kappa shape index (κ2) is 5.91. The molecule has 100 valence electrons. The van der Waals surface area contributed by atoms with Crippen LogP contribution in [0.4, 0.5) is 0 Å². The molecule has 1 aliphatic rings. The van der Waals surface area contributed by atoms with Gasteiger partial charge in [-0.25, -0.2) is 0 Å². The largest absolute Gasteiger partial charge is 0.495 e. The molecule has 4 heteroatoms. The van der Waals surface area contributed by atoms with E-state index in [0.717, 1.165) is 18.4 Å². The summed E-state index contributed by atoms with van der Waals surface area (Å²) >= 11 is 6.44. The molecule has 3 nitrogen and oxygen atoms in total. The molecular formula is C14H20ClNO2. The zero-order chi connectivity index (χ0) is 13.1. The van der Waals surface area contributed by atoms with E-state index in [0.29, 0.717) is 10.8 Å². The number of halogens is 1. The second-order valence-electron chi connectivity index (χ2n) is 4.80. The first-order chi connectivity index (χ1) is 8.69. The summed E-state index contributed by atoms with van der Waals surface area (Å²) in [5.41, 5.74) is 9.19. The van der Waals surface area contributed by atoms with Gasteiger partial charge in [0.15, 0.2) is 0 Å². The fourth-order valence-corrected chi connectivity index (χ4v) is 3.02. The first kappa shape index (κ1) is 13.7. The maximum atomic E-state index is 9.24. The summed E-state index contributed by atoms with van der Waals surface area (Å²) in [5, 5.41) is 9.91. The molecule has 0 saturated carbocycles. The molecule has 0 fully saturated rings. The second-order valence-corrected chi connectivity index (χ2v) is 5.18. The quantitative estimate of drug-likeness (QED) is 0.830. The Balaban J connectivity index is 2.54. The molecule has 1 atom stereocenters. The minimum absolute atomic E-state index is 0.106. The van der Waals surface area contributed by atoms with E-state index in [4.69, 9.17) is 22.1 Å². The topological polar surface area (TPSA) is 55.5 Å². The normalized spacial score (nSPS) is 16.9. The van der Waals surface area contributed by atoms with E-state index in [-0.39, 0.29) is 6.61 Å². The summed E-state index contributed by atoms with van der Waals surface area (Å²) in [4.78, 5) is 0. The van der Waals surface area contributed by atoms with E-state index in [9.17, 15) is 5.11 Å². The van der Waals surface area contributed by atoms with Gasteiger partial charge in [-0.1, -0.05) is 24.1 Å². The number of benzene rings is 1. The highest BCUT2D eigenvalue weighted by Crippen LogP contribution is 2.39. The molecule has 0 heterocycles. The van der Waals surface area contributed by atoms with Gasteiger partial charge in [-0.15, -0.1) is 0 Å². The van der Waals surface area contributed by atoms with Crippen molar-refractivity contribution >= 4 is 11.6 Å². The molecule has 1 aliphatic carbocycles. The number of aliphatic hydroxyl groups is 1. The number of aryl methyl sites for hydroxylation is 1. The van der Waals surface area contributed by atoms with E-state index < -0.39 is 6.04 Å². The van der Waals surface area contributed by atoms with Gasteiger partial charge in [-0.2, -0.15) is 0 Å². The van der Waals surface area contributed by atoms with Crippen LogP contribution in [0, 0.1) is 0 Å². The summed E-state index contributed by atoms with van der Waals surface area (Å²) in [5.74, 6) is 0.624. The van der Waals surface area contributed by atoms with Gasteiger partial charge in [0.05, 0.1) is 24.8 Å². The van der Waals surface area contributed by atoms with Gasteiger partial charge in [-0.05, 0) is 36.8 Å². The molecule has 0 amide bonds. The summed E-state index contributed by atoms with van der Waals surface area (Å²) in [6, 6.07) is 1.62. The van der Waals surface area contributed by atoms with Crippen molar-refractivity contribution in [3.8, 4) is 5.75 Å². The van der Waals surface area contributed by atoms with E-state index >= 15 is 0 Å². The number of rotatable bonds is 3. The van der Waals surface area contributed by atoms with Gasteiger partial charge in [0.25, 0.3) is 0 Å². The van der Waals surface area contributed by atoms with Crippen molar-refractivity contribution < 1.29 is 9.84 Å². The highest BCUT2D eigenvalue weighted by molar-refractivity contribution is 6.33. The lowest BCUT2D eigenvalue weighted by Gasteiger charge is -2.19. The molecule has 0 radical (unpaired) electrons. The van der Waals surface area contributed by atoms with E-state index in [1.165, 1.54) is 30.4 Å². The molecule has 3 N–H and O–H groups in total. The van der Waals surface area contributed by atoms with Crippen LogP contribution < -0.4 is 10.5 Å². The van der Waals surface area contributed by atoms with Crippen molar-refractivity contribution in [3.63, 3.8) is 0 Å². The smallest absolute Gasteiger partial charge is 0.142 e. The summed E-state index contributed by atoms with van der Waals surface area (Å²) in [6.07, 6.45) is 5.61. The number of fused-ring (bicyclic) bond motifs is 1. The Kier molecular flexibility index (Phi) is 4.49. The molecule has 18 heavy (non-hydrogen) atoms. The number of hydrogen-bond donors (Lipinski definition) is 2. The van der Waals surface area contributed by atoms with Crippen molar-refractivity contribution in [2.45, 2.75) is 38.1 Å². The van der Waals surface area contributed by atoms with Crippen LogP contribution >= 0.6 is 11.6 Å². The maximum absolute atomic E-state index is 9.24. The van der Waals surface area contributed by atoms with Crippen LogP contribution in [0.3, 0.4) is 0 Å². The minimum Gasteiger partial charge on any atom is -0.495 e. The third-order valence-corrected chi connectivity index (χ3v) is 4.02. The molecule has 0 aromatic heterocycles. The van der Waals surface area contributed by atoms with Gasteiger partial charge < -0.3 is 15.6 Å². The van der Waals surface area contributed by atoms with Gasteiger partial charge >= 0.3 is 0 Å². The molecule has 0 bridgehead atoms. The van der Waals surface area contributed by atoms with Crippen molar-refractivity contribution in [2.24, 2.45) is 5.73 Å². The number of hydrogen-bond acceptors (Lipinski definition) is 3. The third-order valence-electron chi connectivity index (χ3n) is 3.62. The van der Waals surface area contributed by atoms with Crippen molar-refractivity contribution in [3.05, 3.63) is 27.8 Å². The highest BCUT2D eigenvalue weighted by Gasteiger charge is 2.21. The Morgan fingerprint density at radius 1 is 1.39 bits per heavy atom. The Labute approximate surface area is 113 Å². The first-order valence-corrected chi connectivity index (χ1v) is 6.81. The zero-order valence-electron chi connectivity index (χ0n) is 10.7. The number of methoxy groups -OCH3 is 1. The lowest BCUT2D eigenvalue weighted by atomic mass is 9.96. The van der Waals surface area contributed by atoms with Crippen LogP contribution in [-0.4, -0.2) is 18.8 Å². The predicted octanol–water partition coefficient (Wildman–Crippen LogP) is 2.61.